The first kappa shape index (κ1) is 22.7. The van der Waals surface area contributed by atoms with Gasteiger partial charge in [0.25, 0.3) is 0 Å². The van der Waals surface area contributed by atoms with Gasteiger partial charge in [-0.05, 0) is 92.7 Å². The van der Waals surface area contributed by atoms with Crippen LogP contribution in [0.5, 0.6) is 0 Å². The molecule has 30 heavy (non-hydrogen) atoms. The van der Waals surface area contributed by atoms with Gasteiger partial charge in [0.05, 0.1) is 6.07 Å². The van der Waals surface area contributed by atoms with Crippen molar-refractivity contribution in [2.45, 2.75) is 77.0 Å². The summed E-state index contributed by atoms with van der Waals surface area (Å²) >= 11 is 0. The van der Waals surface area contributed by atoms with Crippen molar-refractivity contribution in [3.63, 3.8) is 0 Å². The zero-order valence-electron chi connectivity index (χ0n) is 18.0. The molecule has 162 valence electrons. The molecular weight excluding hydrogens is 376 g/mol. The molecule has 0 heterocycles. The maximum absolute atomic E-state index is 13.3. The van der Waals surface area contributed by atoms with Crippen molar-refractivity contribution < 1.29 is 8.78 Å². The van der Waals surface area contributed by atoms with Crippen LogP contribution in [0.25, 0.3) is 0 Å². The van der Waals surface area contributed by atoms with Gasteiger partial charge in [-0.25, -0.2) is 8.78 Å². The van der Waals surface area contributed by atoms with Crippen molar-refractivity contribution in [2.75, 3.05) is 0 Å². The summed E-state index contributed by atoms with van der Waals surface area (Å²) in [6.45, 7) is 0. The molecular formula is C27H35F2N. The average Bonchev–Trinajstić information content (AvgIpc) is 2.78. The quantitative estimate of drug-likeness (QED) is 0.242. The lowest BCUT2D eigenvalue weighted by Gasteiger charge is -2.37. The zero-order chi connectivity index (χ0) is 21.2. The molecule has 1 aromatic rings. The molecule has 0 saturated heterocycles. The van der Waals surface area contributed by atoms with Crippen molar-refractivity contribution >= 4 is 0 Å². The van der Waals surface area contributed by atoms with Gasteiger partial charge in [0.2, 0.25) is 0 Å². The van der Waals surface area contributed by atoms with Crippen LogP contribution in [0, 0.1) is 46.6 Å². The van der Waals surface area contributed by atoms with Gasteiger partial charge in [0, 0.05) is 6.08 Å². The van der Waals surface area contributed by atoms with Crippen molar-refractivity contribution in [3.05, 3.63) is 59.7 Å². The summed E-state index contributed by atoms with van der Waals surface area (Å²) in [7, 11) is 0. The number of rotatable bonds is 8. The lowest BCUT2D eigenvalue weighted by molar-refractivity contribution is 0.151. The van der Waals surface area contributed by atoms with Gasteiger partial charge >= 0.3 is 0 Å². The summed E-state index contributed by atoms with van der Waals surface area (Å²) in [6.07, 6.45) is 22.9. The summed E-state index contributed by atoms with van der Waals surface area (Å²) in [4.78, 5) is 0. The van der Waals surface area contributed by atoms with Crippen LogP contribution in [0.2, 0.25) is 0 Å². The Morgan fingerprint density at radius 2 is 1.57 bits per heavy atom. The highest BCUT2D eigenvalue weighted by atomic mass is 19.2. The molecule has 2 fully saturated rings. The molecule has 1 nitrogen and oxygen atoms in total. The Hall–Kier alpha value is -1.95. The number of benzene rings is 1. The van der Waals surface area contributed by atoms with Crippen LogP contribution in [-0.4, -0.2) is 0 Å². The fourth-order valence-corrected chi connectivity index (χ4v) is 5.53. The number of nitriles is 1. The molecule has 0 spiro atoms. The van der Waals surface area contributed by atoms with Crippen molar-refractivity contribution in [2.24, 2.45) is 23.7 Å². The predicted molar refractivity (Wildman–Crippen MR) is 119 cm³/mol. The first-order valence-electron chi connectivity index (χ1n) is 11.8. The normalized spacial score (nSPS) is 27.5. The number of hydrogen-bond acceptors (Lipinski definition) is 1. The van der Waals surface area contributed by atoms with Crippen molar-refractivity contribution in [3.8, 4) is 6.07 Å². The van der Waals surface area contributed by atoms with E-state index >= 15 is 0 Å². The monoisotopic (exact) mass is 411 g/mol. The second-order valence-electron chi connectivity index (χ2n) is 9.32. The highest BCUT2D eigenvalue weighted by Crippen LogP contribution is 2.42. The second-order valence-corrected chi connectivity index (χ2v) is 9.32. The molecule has 3 heteroatoms. The highest BCUT2D eigenvalue weighted by molar-refractivity contribution is 5.17. The molecule has 3 rings (SSSR count). The minimum atomic E-state index is -0.756. The third kappa shape index (κ3) is 7.08. The maximum Gasteiger partial charge on any atom is 0.159 e. The molecule has 1 aromatic carbocycles. The van der Waals surface area contributed by atoms with Crippen LogP contribution in [0.4, 0.5) is 8.78 Å². The van der Waals surface area contributed by atoms with Gasteiger partial charge in [-0.1, -0.05) is 50.0 Å². The lowest BCUT2D eigenvalue weighted by Crippen LogP contribution is -2.25. The summed E-state index contributed by atoms with van der Waals surface area (Å²) in [5.74, 6) is 1.90. The number of aryl methyl sites for hydroxylation is 1. The van der Waals surface area contributed by atoms with E-state index in [1.54, 1.807) is 6.07 Å². The molecule has 0 unspecified atom stereocenters. The summed E-state index contributed by atoms with van der Waals surface area (Å²) < 4.78 is 26.3. The average molecular weight is 412 g/mol. The number of nitrogens with zero attached hydrogens (tertiary/aromatic N) is 1. The van der Waals surface area contributed by atoms with E-state index in [-0.39, 0.29) is 0 Å². The van der Waals surface area contributed by atoms with Crippen LogP contribution < -0.4 is 0 Å². The Morgan fingerprint density at radius 3 is 2.23 bits per heavy atom. The number of allylic oxidation sites excluding steroid dienone is 4. The van der Waals surface area contributed by atoms with E-state index in [0.717, 1.165) is 36.2 Å². The SMILES string of the molecule is N#CC=CC=C[C@H]1CC[C@H]([C@H]2CC[C@H](CCCCc3ccc(F)c(F)c3)CC2)CC1. The predicted octanol–water partition coefficient (Wildman–Crippen LogP) is 7.93. The number of unbranched alkanes of at least 4 members (excludes halogenated alkanes) is 1. The van der Waals surface area contributed by atoms with E-state index in [2.05, 4.69) is 6.08 Å². The minimum Gasteiger partial charge on any atom is -0.204 e. The van der Waals surface area contributed by atoms with E-state index in [9.17, 15) is 8.78 Å². The Bertz CT molecular complexity index is 745. The molecule has 0 aromatic heterocycles. The highest BCUT2D eigenvalue weighted by Gasteiger charge is 2.30. The van der Waals surface area contributed by atoms with Gasteiger partial charge < -0.3 is 0 Å². The van der Waals surface area contributed by atoms with Crippen LogP contribution >= 0.6 is 0 Å². The van der Waals surface area contributed by atoms with Gasteiger partial charge in [0.1, 0.15) is 0 Å². The fourth-order valence-electron chi connectivity index (χ4n) is 5.53. The Balaban J connectivity index is 1.29. The topological polar surface area (TPSA) is 23.8 Å². The fraction of sp³-hybridized carbons (Fsp3) is 0.593. The van der Waals surface area contributed by atoms with E-state index < -0.39 is 11.6 Å². The molecule has 2 aliphatic carbocycles. The molecule has 0 amide bonds. The third-order valence-corrected chi connectivity index (χ3v) is 7.35. The number of hydrogen-bond donors (Lipinski definition) is 0. The Kier molecular flexibility index (Phi) is 9.12. The summed E-state index contributed by atoms with van der Waals surface area (Å²) in [5, 5.41) is 8.53. The van der Waals surface area contributed by atoms with Crippen LogP contribution in [-0.2, 0) is 6.42 Å². The Morgan fingerprint density at radius 1 is 0.867 bits per heavy atom. The molecule has 0 radical (unpaired) electrons. The van der Waals surface area contributed by atoms with E-state index in [1.807, 2.05) is 18.2 Å². The second kappa shape index (κ2) is 12.0. The van der Waals surface area contributed by atoms with Gasteiger partial charge in [0.15, 0.2) is 11.6 Å². The van der Waals surface area contributed by atoms with Gasteiger partial charge in [-0.3, -0.25) is 0 Å². The summed E-state index contributed by atoms with van der Waals surface area (Å²) in [6, 6.07) is 6.31. The number of halogens is 2. The first-order chi connectivity index (χ1) is 14.7. The standard InChI is InChI=1S/C27H35F2N/c28-26-18-13-23(20-27(26)29)8-4-3-7-22-11-16-25(17-12-22)24-14-9-21(10-15-24)6-2-1-5-19-30/h1-2,5-6,13,18,20-22,24-25H,3-4,7-12,14-17H2/t21-,22-,24-,25-. The molecule has 0 bridgehead atoms. The molecule has 2 aliphatic rings. The third-order valence-electron chi connectivity index (χ3n) is 7.35. The van der Waals surface area contributed by atoms with Gasteiger partial charge in [-0.15, -0.1) is 0 Å². The zero-order valence-corrected chi connectivity index (χ0v) is 18.0. The lowest BCUT2D eigenvalue weighted by atomic mass is 9.68. The van der Waals surface area contributed by atoms with E-state index in [0.29, 0.717) is 5.92 Å². The molecule has 2 saturated carbocycles. The molecule has 0 N–H and O–H groups in total. The van der Waals surface area contributed by atoms with Crippen LogP contribution in [0.15, 0.2) is 42.5 Å². The van der Waals surface area contributed by atoms with E-state index in [1.165, 1.54) is 82.4 Å². The van der Waals surface area contributed by atoms with Crippen molar-refractivity contribution in [1.82, 2.24) is 0 Å². The maximum atomic E-state index is 13.3. The Labute approximate surface area is 180 Å². The molecule has 0 atom stereocenters. The van der Waals surface area contributed by atoms with Crippen LogP contribution in [0.1, 0.15) is 76.2 Å². The van der Waals surface area contributed by atoms with Crippen molar-refractivity contribution in [1.29, 1.82) is 5.26 Å². The summed E-state index contributed by atoms with van der Waals surface area (Å²) in [5.41, 5.74) is 0.907. The van der Waals surface area contributed by atoms with E-state index in [4.69, 9.17) is 5.26 Å². The largest absolute Gasteiger partial charge is 0.204 e. The first-order valence-corrected chi connectivity index (χ1v) is 11.8. The smallest absolute Gasteiger partial charge is 0.159 e. The molecule has 0 aliphatic heterocycles. The van der Waals surface area contributed by atoms with Gasteiger partial charge in [-0.2, -0.15) is 5.26 Å². The minimum absolute atomic E-state index is 0.690. The van der Waals surface area contributed by atoms with Crippen LogP contribution in [0.3, 0.4) is 0 Å².